The minimum Gasteiger partial charge on any atom is -0.508 e. The van der Waals surface area contributed by atoms with E-state index in [-0.39, 0.29) is 18.2 Å². The van der Waals surface area contributed by atoms with E-state index in [9.17, 15) is 14.7 Å². The van der Waals surface area contributed by atoms with Crippen molar-refractivity contribution >= 4 is 11.8 Å². The molecule has 0 saturated carbocycles. The van der Waals surface area contributed by atoms with Crippen molar-refractivity contribution < 1.29 is 19.4 Å². The van der Waals surface area contributed by atoms with Crippen LogP contribution >= 0.6 is 0 Å². The first-order valence-electron chi connectivity index (χ1n) is 5.46. The first kappa shape index (κ1) is 14.0. The molecule has 6 heteroatoms. The first-order chi connectivity index (χ1) is 8.63. The number of amides is 2. The van der Waals surface area contributed by atoms with Gasteiger partial charge in [0.05, 0.1) is 13.2 Å². The minimum absolute atomic E-state index is 0.00666. The summed E-state index contributed by atoms with van der Waals surface area (Å²) < 4.78 is 4.77. The van der Waals surface area contributed by atoms with Crippen molar-refractivity contribution in [3.8, 4) is 5.75 Å². The fourth-order valence-electron chi connectivity index (χ4n) is 1.26. The Kier molecular flexibility index (Phi) is 5.66. The van der Waals surface area contributed by atoms with Gasteiger partial charge in [0.25, 0.3) is 5.91 Å². The number of nitrogens with one attached hydrogen (secondary N) is 2. The second-order valence-corrected chi connectivity index (χ2v) is 3.58. The zero-order valence-electron chi connectivity index (χ0n) is 10.1. The summed E-state index contributed by atoms with van der Waals surface area (Å²) in [6.45, 7) is 0.710. The highest BCUT2D eigenvalue weighted by Crippen LogP contribution is 2.10. The van der Waals surface area contributed by atoms with Crippen LogP contribution in [0.3, 0.4) is 0 Å². The highest BCUT2D eigenvalue weighted by atomic mass is 16.5. The molecular formula is C12H16N2O4. The van der Waals surface area contributed by atoms with Gasteiger partial charge in [-0.25, -0.2) is 0 Å². The van der Waals surface area contributed by atoms with E-state index in [2.05, 4.69) is 10.6 Å². The second kappa shape index (κ2) is 7.29. The zero-order chi connectivity index (χ0) is 13.4. The molecule has 0 fully saturated rings. The summed E-state index contributed by atoms with van der Waals surface area (Å²) in [5.41, 5.74) is 0.305. The van der Waals surface area contributed by atoms with Crippen molar-refractivity contribution in [1.82, 2.24) is 10.6 Å². The summed E-state index contributed by atoms with van der Waals surface area (Å²) in [5, 5.41) is 14.2. The third kappa shape index (κ3) is 4.84. The molecule has 0 spiro atoms. The number of methoxy groups -OCH3 is 1. The minimum atomic E-state index is -0.409. The van der Waals surface area contributed by atoms with Crippen LogP contribution in [0.25, 0.3) is 0 Å². The lowest BCUT2D eigenvalue weighted by Gasteiger charge is -2.06. The van der Waals surface area contributed by atoms with Crippen LogP contribution in [0, 0.1) is 0 Å². The van der Waals surface area contributed by atoms with Gasteiger partial charge in [-0.15, -0.1) is 0 Å². The van der Waals surface area contributed by atoms with Gasteiger partial charge in [-0.2, -0.15) is 0 Å². The smallest absolute Gasteiger partial charge is 0.251 e. The molecule has 98 valence electrons. The van der Waals surface area contributed by atoms with Crippen LogP contribution in [0.5, 0.6) is 5.75 Å². The molecule has 0 saturated heterocycles. The highest BCUT2D eigenvalue weighted by molar-refractivity contribution is 5.96. The SMILES string of the molecule is COCCNC(=O)CNC(=O)c1cccc(O)c1. The molecule has 18 heavy (non-hydrogen) atoms. The number of carbonyl (C=O) groups excluding carboxylic acids is 2. The van der Waals surface area contributed by atoms with Gasteiger partial charge in [-0.05, 0) is 18.2 Å². The van der Waals surface area contributed by atoms with Crippen LogP contribution in [-0.2, 0) is 9.53 Å². The molecule has 6 nitrogen and oxygen atoms in total. The second-order valence-electron chi connectivity index (χ2n) is 3.58. The number of hydrogen-bond acceptors (Lipinski definition) is 4. The van der Waals surface area contributed by atoms with Crippen molar-refractivity contribution in [3.05, 3.63) is 29.8 Å². The van der Waals surface area contributed by atoms with Crippen molar-refractivity contribution in [2.24, 2.45) is 0 Å². The van der Waals surface area contributed by atoms with Crippen LogP contribution in [0.4, 0.5) is 0 Å². The van der Waals surface area contributed by atoms with E-state index in [0.717, 1.165) is 0 Å². The maximum atomic E-state index is 11.6. The largest absolute Gasteiger partial charge is 0.508 e. The highest BCUT2D eigenvalue weighted by Gasteiger charge is 2.07. The van der Waals surface area contributed by atoms with Gasteiger partial charge in [0.15, 0.2) is 0 Å². The molecule has 0 aliphatic rings. The summed E-state index contributed by atoms with van der Waals surface area (Å²) in [6.07, 6.45) is 0. The fourth-order valence-corrected chi connectivity index (χ4v) is 1.26. The third-order valence-corrected chi connectivity index (χ3v) is 2.15. The summed E-state index contributed by atoms with van der Waals surface area (Å²) in [4.78, 5) is 22.9. The lowest BCUT2D eigenvalue weighted by atomic mass is 10.2. The lowest BCUT2D eigenvalue weighted by Crippen LogP contribution is -2.38. The summed E-state index contributed by atoms with van der Waals surface area (Å²) >= 11 is 0. The average Bonchev–Trinajstić information content (AvgIpc) is 2.36. The maximum Gasteiger partial charge on any atom is 0.251 e. The predicted octanol–water partition coefficient (Wildman–Crippen LogP) is -0.115. The molecular weight excluding hydrogens is 236 g/mol. The molecule has 0 atom stereocenters. The third-order valence-electron chi connectivity index (χ3n) is 2.15. The fraction of sp³-hybridized carbons (Fsp3) is 0.333. The molecule has 1 aromatic rings. The maximum absolute atomic E-state index is 11.6. The van der Waals surface area contributed by atoms with Gasteiger partial charge in [0.2, 0.25) is 5.91 Å². The van der Waals surface area contributed by atoms with E-state index in [1.807, 2.05) is 0 Å². The van der Waals surface area contributed by atoms with Crippen LogP contribution in [-0.4, -0.2) is 43.7 Å². The number of phenolic OH excluding ortho intramolecular Hbond substituents is 1. The Morgan fingerprint density at radius 1 is 1.33 bits per heavy atom. The Morgan fingerprint density at radius 2 is 2.11 bits per heavy atom. The van der Waals surface area contributed by atoms with Crippen molar-refractivity contribution in [1.29, 1.82) is 0 Å². The normalized spacial score (nSPS) is 9.83. The summed E-state index contributed by atoms with van der Waals surface area (Å²) in [7, 11) is 1.54. The van der Waals surface area contributed by atoms with Gasteiger partial charge >= 0.3 is 0 Å². The molecule has 0 aliphatic heterocycles. The van der Waals surface area contributed by atoms with E-state index < -0.39 is 5.91 Å². The zero-order valence-corrected chi connectivity index (χ0v) is 10.1. The lowest BCUT2D eigenvalue weighted by molar-refractivity contribution is -0.120. The van der Waals surface area contributed by atoms with Crippen molar-refractivity contribution in [2.75, 3.05) is 26.8 Å². The molecule has 1 aromatic carbocycles. The van der Waals surface area contributed by atoms with E-state index in [0.29, 0.717) is 18.7 Å². The molecule has 0 aliphatic carbocycles. The van der Waals surface area contributed by atoms with Gasteiger partial charge < -0.3 is 20.5 Å². The van der Waals surface area contributed by atoms with Gasteiger partial charge in [-0.1, -0.05) is 6.07 Å². The molecule has 2 amide bonds. The van der Waals surface area contributed by atoms with Crippen molar-refractivity contribution in [3.63, 3.8) is 0 Å². The number of aromatic hydroxyl groups is 1. The van der Waals surface area contributed by atoms with E-state index in [1.54, 1.807) is 12.1 Å². The number of benzene rings is 1. The van der Waals surface area contributed by atoms with Gasteiger partial charge in [0.1, 0.15) is 5.75 Å². The Labute approximate surface area is 105 Å². The number of phenols is 1. The van der Waals surface area contributed by atoms with E-state index in [1.165, 1.54) is 19.2 Å². The Hall–Kier alpha value is -2.08. The Balaban J connectivity index is 2.35. The molecule has 0 radical (unpaired) electrons. The predicted molar refractivity (Wildman–Crippen MR) is 65.3 cm³/mol. The molecule has 0 bridgehead atoms. The molecule has 0 aromatic heterocycles. The topological polar surface area (TPSA) is 87.7 Å². The Bertz CT molecular complexity index is 420. The number of ether oxygens (including phenoxy) is 1. The molecule has 3 N–H and O–H groups in total. The van der Waals surface area contributed by atoms with Crippen LogP contribution in [0.1, 0.15) is 10.4 Å². The molecule has 0 heterocycles. The van der Waals surface area contributed by atoms with Gasteiger partial charge in [0, 0.05) is 19.2 Å². The van der Waals surface area contributed by atoms with E-state index in [4.69, 9.17) is 4.74 Å². The quantitative estimate of drug-likeness (QED) is 0.616. The molecule has 1 rings (SSSR count). The number of carbonyl (C=O) groups is 2. The van der Waals surface area contributed by atoms with Crippen molar-refractivity contribution in [2.45, 2.75) is 0 Å². The number of rotatable bonds is 6. The first-order valence-corrected chi connectivity index (χ1v) is 5.46. The van der Waals surface area contributed by atoms with E-state index >= 15 is 0 Å². The standard InChI is InChI=1S/C12H16N2O4/c1-18-6-5-13-11(16)8-14-12(17)9-3-2-4-10(15)7-9/h2-4,7,15H,5-6,8H2,1H3,(H,13,16)(H,14,17). The average molecular weight is 252 g/mol. The van der Waals surface area contributed by atoms with Crippen LogP contribution < -0.4 is 10.6 Å². The Morgan fingerprint density at radius 3 is 2.78 bits per heavy atom. The van der Waals surface area contributed by atoms with Gasteiger partial charge in [-0.3, -0.25) is 9.59 Å². The summed E-state index contributed by atoms with van der Waals surface area (Å²) in [6, 6.07) is 5.91. The molecule has 0 unspecified atom stereocenters. The van der Waals surface area contributed by atoms with Crippen LogP contribution in [0.15, 0.2) is 24.3 Å². The number of hydrogen-bond donors (Lipinski definition) is 3. The monoisotopic (exact) mass is 252 g/mol. The van der Waals surface area contributed by atoms with Crippen LogP contribution in [0.2, 0.25) is 0 Å². The summed E-state index contributed by atoms with van der Waals surface area (Å²) in [5.74, 6) is -0.694.